The van der Waals surface area contributed by atoms with Gasteiger partial charge in [0.15, 0.2) is 0 Å². The van der Waals surface area contributed by atoms with E-state index in [0.29, 0.717) is 6.04 Å². The second kappa shape index (κ2) is 7.44. The van der Waals surface area contributed by atoms with Crippen molar-refractivity contribution in [2.45, 2.75) is 33.2 Å². The lowest BCUT2D eigenvalue weighted by Crippen LogP contribution is -2.28. The molecule has 20 heavy (non-hydrogen) atoms. The van der Waals surface area contributed by atoms with Crippen LogP contribution in [-0.4, -0.2) is 31.1 Å². The third-order valence-electron chi connectivity index (χ3n) is 4.50. The Bertz CT molecular complexity index is 411. The second-order valence-corrected chi connectivity index (χ2v) is 6.60. The van der Waals surface area contributed by atoms with E-state index in [-0.39, 0.29) is 0 Å². The normalized spacial score (nSPS) is 25.0. The van der Waals surface area contributed by atoms with Crippen LogP contribution >= 0.6 is 11.6 Å². The number of benzene rings is 1. The Balaban J connectivity index is 1.93. The molecule has 1 N–H and O–H groups in total. The Morgan fingerprint density at radius 1 is 1.30 bits per heavy atom. The van der Waals surface area contributed by atoms with Crippen molar-refractivity contribution in [3.05, 3.63) is 34.9 Å². The highest BCUT2D eigenvalue weighted by Gasteiger charge is 2.26. The van der Waals surface area contributed by atoms with E-state index in [4.69, 9.17) is 11.6 Å². The topological polar surface area (TPSA) is 15.3 Å². The van der Waals surface area contributed by atoms with Crippen LogP contribution in [0.25, 0.3) is 0 Å². The van der Waals surface area contributed by atoms with Crippen molar-refractivity contribution in [3.8, 4) is 0 Å². The summed E-state index contributed by atoms with van der Waals surface area (Å²) in [7, 11) is 0. The van der Waals surface area contributed by atoms with Gasteiger partial charge in [0, 0.05) is 24.2 Å². The molecule has 0 aliphatic carbocycles. The van der Waals surface area contributed by atoms with Crippen LogP contribution in [0.15, 0.2) is 24.3 Å². The number of hydrogen-bond acceptors (Lipinski definition) is 2. The average molecular weight is 295 g/mol. The fourth-order valence-corrected chi connectivity index (χ4v) is 3.30. The first-order valence-corrected chi connectivity index (χ1v) is 8.19. The van der Waals surface area contributed by atoms with Gasteiger partial charge in [-0.1, -0.05) is 44.5 Å². The largest absolute Gasteiger partial charge is 0.310 e. The van der Waals surface area contributed by atoms with Crippen molar-refractivity contribution in [1.82, 2.24) is 10.2 Å². The Morgan fingerprint density at radius 2 is 2.00 bits per heavy atom. The van der Waals surface area contributed by atoms with Gasteiger partial charge in [-0.05, 0) is 49.0 Å². The highest BCUT2D eigenvalue weighted by molar-refractivity contribution is 6.30. The first-order chi connectivity index (χ1) is 9.60. The number of nitrogens with one attached hydrogen (secondary N) is 1. The lowest BCUT2D eigenvalue weighted by atomic mass is 10.0. The summed E-state index contributed by atoms with van der Waals surface area (Å²) in [4.78, 5) is 2.60. The van der Waals surface area contributed by atoms with Crippen LogP contribution < -0.4 is 5.32 Å². The van der Waals surface area contributed by atoms with Crippen LogP contribution in [0, 0.1) is 11.8 Å². The molecule has 1 heterocycles. The molecule has 0 radical (unpaired) electrons. The Morgan fingerprint density at radius 3 is 2.60 bits per heavy atom. The van der Waals surface area contributed by atoms with Crippen LogP contribution in [0.2, 0.25) is 5.02 Å². The van der Waals surface area contributed by atoms with Crippen LogP contribution in [0.4, 0.5) is 0 Å². The predicted molar refractivity (Wildman–Crippen MR) is 87.3 cm³/mol. The van der Waals surface area contributed by atoms with Crippen molar-refractivity contribution >= 4 is 11.6 Å². The highest BCUT2D eigenvalue weighted by atomic mass is 35.5. The summed E-state index contributed by atoms with van der Waals surface area (Å²) >= 11 is 6.12. The molecular weight excluding hydrogens is 268 g/mol. The Labute approximate surface area is 128 Å². The molecule has 2 nitrogen and oxygen atoms in total. The summed E-state index contributed by atoms with van der Waals surface area (Å²) in [5, 5.41) is 4.41. The molecule has 1 saturated heterocycles. The smallest absolute Gasteiger partial charge is 0.0409 e. The fourth-order valence-electron chi connectivity index (χ4n) is 3.10. The van der Waals surface area contributed by atoms with Gasteiger partial charge in [-0.3, -0.25) is 0 Å². The monoisotopic (exact) mass is 294 g/mol. The minimum atomic E-state index is 0.407. The molecule has 1 aliphatic rings. The quantitative estimate of drug-likeness (QED) is 0.854. The lowest BCUT2D eigenvalue weighted by Gasteiger charge is -2.22. The van der Waals surface area contributed by atoms with Crippen molar-refractivity contribution in [3.63, 3.8) is 0 Å². The minimum absolute atomic E-state index is 0.407. The van der Waals surface area contributed by atoms with Gasteiger partial charge in [0.2, 0.25) is 0 Å². The molecule has 1 fully saturated rings. The van der Waals surface area contributed by atoms with Crippen molar-refractivity contribution < 1.29 is 0 Å². The maximum atomic E-state index is 6.12. The molecule has 3 heteroatoms. The zero-order valence-corrected chi connectivity index (χ0v) is 13.7. The number of halogens is 1. The number of nitrogens with zero attached hydrogens (tertiary/aromatic N) is 1. The summed E-state index contributed by atoms with van der Waals surface area (Å²) < 4.78 is 0. The van der Waals surface area contributed by atoms with Gasteiger partial charge in [0.25, 0.3) is 0 Å². The maximum absolute atomic E-state index is 6.12. The predicted octanol–water partition coefficient (Wildman–Crippen LogP) is 3.97. The van der Waals surface area contributed by atoms with Crippen molar-refractivity contribution in [2.24, 2.45) is 11.8 Å². The molecule has 0 bridgehead atoms. The van der Waals surface area contributed by atoms with Gasteiger partial charge in [0.05, 0.1) is 0 Å². The Kier molecular flexibility index (Phi) is 5.88. The molecule has 0 saturated carbocycles. The number of likely N-dealkylation sites (tertiary alicyclic amines) is 1. The van der Waals surface area contributed by atoms with Crippen molar-refractivity contribution in [2.75, 3.05) is 26.2 Å². The van der Waals surface area contributed by atoms with E-state index >= 15 is 0 Å². The Hall–Kier alpha value is -0.570. The van der Waals surface area contributed by atoms with Gasteiger partial charge < -0.3 is 10.2 Å². The molecule has 0 amide bonds. The van der Waals surface area contributed by atoms with Crippen LogP contribution in [0.1, 0.15) is 38.8 Å². The number of rotatable bonds is 6. The molecule has 2 rings (SSSR count). The SMILES string of the molecule is CCNC(CCN1CC(C)C(C)C1)c1cccc(Cl)c1. The molecule has 3 atom stereocenters. The van der Waals surface area contributed by atoms with Gasteiger partial charge in [-0.15, -0.1) is 0 Å². The van der Waals surface area contributed by atoms with E-state index in [0.717, 1.165) is 29.8 Å². The third kappa shape index (κ3) is 4.21. The van der Waals surface area contributed by atoms with Crippen LogP contribution in [0.3, 0.4) is 0 Å². The number of hydrogen-bond donors (Lipinski definition) is 1. The van der Waals surface area contributed by atoms with E-state index in [2.05, 4.69) is 43.1 Å². The summed E-state index contributed by atoms with van der Waals surface area (Å²) in [5.41, 5.74) is 1.31. The molecule has 0 aromatic heterocycles. The zero-order valence-electron chi connectivity index (χ0n) is 12.9. The van der Waals surface area contributed by atoms with E-state index in [9.17, 15) is 0 Å². The fraction of sp³-hybridized carbons (Fsp3) is 0.647. The summed E-state index contributed by atoms with van der Waals surface area (Å²) in [5.74, 6) is 1.66. The lowest BCUT2D eigenvalue weighted by molar-refractivity contribution is 0.299. The van der Waals surface area contributed by atoms with Crippen molar-refractivity contribution in [1.29, 1.82) is 0 Å². The molecule has 1 aliphatic heterocycles. The van der Waals surface area contributed by atoms with Gasteiger partial charge in [0.1, 0.15) is 0 Å². The highest BCUT2D eigenvalue weighted by Crippen LogP contribution is 2.25. The van der Waals surface area contributed by atoms with Gasteiger partial charge in [-0.25, -0.2) is 0 Å². The van der Waals surface area contributed by atoms with E-state index in [1.165, 1.54) is 25.2 Å². The van der Waals surface area contributed by atoms with Gasteiger partial charge in [-0.2, -0.15) is 0 Å². The summed E-state index contributed by atoms with van der Waals surface area (Å²) in [6.45, 7) is 11.5. The van der Waals surface area contributed by atoms with Crippen LogP contribution in [0.5, 0.6) is 0 Å². The molecular formula is C17H27ClN2. The standard InChI is InChI=1S/C17H27ClN2/c1-4-19-17(15-6-5-7-16(18)10-15)8-9-20-11-13(2)14(3)12-20/h5-7,10,13-14,17,19H,4,8-9,11-12H2,1-3H3. The third-order valence-corrected chi connectivity index (χ3v) is 4.73. The molecule has 1 aromatic carbocycles. The molecule has 0 spiro atoms. The molecule has 3 unspecified atom stereocenters. The van der Waals surface area contributed by atoms with E-state index in [1.54, 1.807) is 0 Å². The molecule has 1 aromatic rings. The van der Waals surface area contributed by atoms with E-state index in [1.807, 2.05) is 12.1 Å². The average Bonchev–Trinajstić information content (AvgIpc) is 2.74. The summed E-state index contributed by atoms with van der Waals surface area (Å²) in [6, 6.07) is 8.66. The second-order valence-electron chi connectivity index (χ2n) is 6.17. The first-order valence-electron chi connectivity index (χ1n) is 7.81. The maximum Gasteiger partial charge on any atom is 0.0409 e. The van der Waals surface area contributed by atoms with Gasteiger partial charge >= 0.3 is 0 Å². The van der Waals surface area contributed by atoms with Crippen LogP contribution in [-0.2, 0) is 0 Å². The summed E-state index contributed by atoms with van der Waals surface area (Å²) in [6.07, 6.45) is 1.15. The molecule has 112 valence electrons. The minimum Gasteiger partial charge on any atom is -0.310 e. The first kappa shape index (κ1) is 15.8. The van der Waals surface area contributed by atoms with E-state index < -0.39 is 0 Å². The zero-order chi connectivity index (χ0) is 14.5.